The van der Waals surface area contributed by atoms with E-state index in [0.717, 1.165) is 28.3 Å². The maximum Gasteiger partial charge on any atom is 0.192 e. The summed E-state index contributed by atoms with van der Waals surface area (Å²) in [7, 11) is -1.94. The lowest BCUT2D eigenvalue weighted by atomic mass is 10.0. The van der Waals surface area contributed by atoms with Crippen LogP contribution in [-0.2, 0) is 9.22 Å². The fourth-order valence-corrected chi connectivity index (χ4v) is 3.64. The van der Waals surface area contributed by atoms with Gasteiger partial charge in [0.15, 0.2) is 8.32 Å². The number of aldehydes is 1. The summed E-state index contributed by atoms with van der Waals surface area (Å²) >= 11 is 0. The van der Waals surface area contributed by atoms with Crippen LogP contribution in [0.25, 0.3) is 10.8 Å². The minimum atomic E-state index is -1.94. The monoisotopic (exact) mass is 329 g/mol. The van der Waals surface area contributed by atoms with Crippen LogP contribution in [0.15, 0.2) is 30.5 Å². The first kappa shape index (κ1) is 17.8. The number of pyridine rings is 1. The molecule has 23 heavy (non-hydrogen) atoms. The lowest BCUT2D eigenvalue weighted by Gasteiger charge is -2.39. The Bertz CT molecular complexity index is 704. The molecule has 0 spiro atoms. The van der Waals surface area contributed by atoms with E-state index in [9.17, 15) is 4.79 Å². The third-order valence-corrected chi connectivity index (χ3v) is 9.29. The zero-order valence-corrected chi connectivity index (χ0v) is 16.0. The Morgan fingerprint density at radius 3 is 2.52 bits per heavy atom. The van der Waals surface area contributed by atoms with Crippen molar-refractivity contribution in [2.45, 2.75) is 58.4 Å². The summed E-state index contributed by atoms with van der Waals surface area (Å²) in [5, 5.41) is 2.37. The molecule has 0 aliphatic carbocycles. The molecule has 0 radical (unpaired) electrons. The number of aromatic nitrogens is 1. The zero-order chi connectivity index (χ0) is 17.3. The molecule has 0 aliphatic heterocycles. The number of hydrogen-bond acceptors (Lipinski definition) is 3. The number of nitrogens with zero attached hydrogens (tertiary/aromatic N) is 1. The minimum Gasteiger partial charge on any atom is -0.410 e. The first-order valence-electron chi connectivity index (χ1n) is 8.12. The van der Waals surface area contributed by atoms with E-state index in [0.29, 0.717) is 6.42 Å². The molecule has 1 heterocycles. The minimum absolute atomic E-state index is 0.117. The maximum absolute atomic E-state index is 11.2. The normalized spacial score (nSPS) is 14.0. The van der Waals surface area contributed by atoms with E-state index in [4.69, 9.17) is 4.43 Å². The SMILES string of the molecule is Cc1cc2cc([C@H](CC=O)O[Si](C)(C)C(C)(C)C)ccc2cn1. The van der Waals surface area contributed by atoms with E-state index < -0.39 is 8.32 Å². The summed E-state index contributed by atoms with van der Waals surface area (Å²) in [4.78, 5) is 15.5. The van der Waals surface area contributed by atoms with Gasteiger partial charge in [-0.25, -0.2) is 0 Å². The molecule has 0 N–H and O–H groups in total. The topological polar surface area (TPSA) is 39.2 Å². The molecule has 3 nitrogen and oxygen atoms in total. The Morgan fingerprint density at radius 1 is 1.22 bits per heavy atom. The predicted octanol–water partition coefficient (Wildman–Crippen LogP) is 5.20. The molecular formula is C19H27NO2Si. The Balaban J connectivity index is 2.39. The highest BCUT2D eigenvalue weighted by Gasteiger charge is 2.39. The van der Waals surface area contributed by atoms with Crippen LogP contribution in [-0.4, -0.2) is 19.6 Å². The summed E-state index contributed by atoms with van der Waals surface area (Å²) in [6.45, 7) is 13.1. The van der Waals surface area contributed by atoms with Gasteiger partial charge in [-0.1, -0.05) is 32.9 Å². The van der Waals surface area contributed by atoms with Gasteiger partial charge in [-0.2, -0.15) is 0 Å². The third-order valence-electron chi connectivity index (χ3n) is 4.81. The number of aryl methyl sites for hydroxylation is 1. The molecule has 0 unspecified atom stereocenters. The lowest BCUT2D eigenvalue weighted by Crippen LogP contribution is -2.41. The van der Waals surface area contributed by atoms with Crippen LogP contribution in [0.1, 0.15) is 44.6 Å². The standard InChI is InChI=1S/C19H27NO2Si/c1-14-11-17-12-15(7-8-16(17)13-20-14)18(9-10-21)22-23(5,6)19(2,3)4/h7-8,10-13,18H,9H2,1-6H3/t18-/m0/s1. The molecule has 0 aliphatic rings. The Hall–Kier alpha value is -1.52. The van der Waals surface area contributed by atoms with E-state index >= 15 is 0 Å². The van der Waals surface area contributed by atoms with Crippen molar-refractivity contribution < 1.29 is 9.22 Å². The highest BCUT2D eigenvalue weighted by atomic mass is 28.4. The third kappa shape index (κ3) is 4.06. The van der Waals surface area contributed by atoms with Crippen molar-refractivity contribution in [3.8, 4) is 0 Å². The van der Waals surface area contributed by atoms with Crippen molar-refractivity contribution in [1.82, 2.24) is 4.98 Å². The van der Waals surface area contributed by atoms with Crippen LogP contribution in [0, 0.1) is 6.92 Å². The van der Waals surface area contributed by atoms with Gasteiger partial charge in [0.2, 0.25) is 0 Å². The van der Waals surface area contributed by atoms with Gasteiger partial charge in [-0.15, -0.1) is 0 Å². The molecule has 0 fully saturated rings. The van der Waals surface area contributed by atoms with Gasteiger partial charge >= 0.3 is 0 Å². The number of carbonyl (C=O) groups is 1. The van der Waals surface area contributed by atoms with Gasteiger partial charge < -0.3 is 9.22 Å². The van der Waals surface area contributed by atoms with Gasteiger partial charge in [0, 0.05) is 23.7 Å². The van der Waals surface area contributed by atoms with Crippen LogP contribution in [0.4, 0.5) is 0 Å². The molecule has 1 aromatic carbocycles. The largest absolute Gasteiger partial charge is 0.410 e. The Morgan fingerprint density at radius 2 is 1.91 bits per heavy atom. The van der Waals surface area contributed by atoms with Crippen LogP contribution in [0.3, 0.4) is 0 Å². The summed E-state index contributed by atoms with van der Waals surface area (Å²) in [5.74, 6) is 0. The molecule has 2 rings (SSSR count). The first-order valence-corrected chi connectivity index (χ1v) is 11.0. The lowest BCUT2D eigenvalue weighted by molar-refractivity contribution is -0.109. The molecule has 0 saturated heterocycles. The van der Waals surface area contributed by atoms with Gasteiger partial charge in [-0.3, -0.25) is 4.98 Å². The molecular weight excluding hydrogens is 302 g/mol. The fraction of sp³-hybridized carbons (Fsp3) is 0.474. The summed E-state index contributed by atoms with van der Waals surface area (Å²) in [6, 6.07) is 8.32. The average Bonchev–Trinajstić information content (AvgIpc) is 2.44. The van der Waals surface area contributed by atoms with Crippen LogP contribution < -0.4 is 0 Å². The number of rotatable bonds is 5. The highest BCUT2D eigenvalue weighted by molar-refractivity contribution is 6.74. The highest BCUT2D eigenvalue weighted by Crippen LogP contribution is 2.40. The second-order valence-corrected chi connectivity index (χ2v) is 12.5. The van der Waals surface area contributed by atoms with Crippen molar-refractivity contribution in [3.05, 3.63) is 41.7 Å². The fourth-order valence-electron chi connectivity index (χ4n) is 2.34. The van der Waals surface area contributed by atoms with E-state index in [-0.39, 0.29) is 11.1 Å². The van der Waals surface area contributed by atoms with E-state index in [1.165, 1.54) is 0 Å². The molecule has 0 saturated carbocycles. The van der Waals surface area contributed by atoms with Gasteiger partial charge in [0.1, 0.15) is 6.29 Å². The first-order chi connectivity index (χ1) is 10.6. The van der Waals surface area contributed by atoms with Crippen molar-refractivity contribution >= 4 is 25.4 Å². The van der Waals surface area contributed by atoms with Gasteiger partial charge in [-0.05, 0) is 48.1 Å². The summed E-state index contributed by atoms with van der Waals surface area (Å²) in [6.07, 6.45) is 3.06. The van der Waals surface area contributed by atoms with Crippen molar-refractivity contribution in [1.29, 1.82) is 0 Å². The maximum atomic E-state index is 11.2. The average molecular weight is 330 g/mol. The summed E-state index contributed by atoms with van der Waals surface area (Å²) < 4.78 is 6.50. The number of carbonyl (C=O) groups excluding carboxylic acids is 1. The number of hydrogen-bond donors (Lipinski definition) is 0. The molecule has 0 bridgehead atoms. The van der Waals surface area contributed by atoms with Crippen molar-refractivity contribution in [2.24, 2.45) is 0 Å². The van der Waals surface area contributed by atoms with Crippen LogP contribution in [0.2, 0.25) is 18.1 Å². The molecule has 1 atom stereocenters. The van der Waals surface area contributed by atoms with Crippen molar-refractivity contribution in [3.63, 3.8) is 0 Å². The predicted molar refractivity (Wildman–Crippen MR) is 98.2 cm³/mol. The van der Waals surface area contributed by atoms with Gasteiger partial charge in [0.25, 0.3) is 0 Å². The summed E-state index contributed by atoms with van der Waals surface area (Å²) in [5.41, 5.74) is 2.06. The number of benzene rings is 1. The molecule has 0 amide bonds. The van der Waals surface area contributed by atoms with Crippen molar-refractivity contribution in [2.75, 3.05) is 0 Å². The zero-order valence-electron chi connectivity index (χ0n) is 15.0. The Kier molecular flexibility index (Phi) is 5.06. The molecule has 4 heteroatoms. The smallest absolute Gasteiger partial charge is 0.192 e. The quantitative estimate of drug-likeness (QED) is 0.559. The second-order valence-electron chi connectivity index (χ2n) is 7.70. The van der Waals surface area contributed by atoms with E-state index in [1.54, 1.807) is 0 Å². The van der Waals surface area contributed by atoms with Crippen LogP contribution >= 0.6 is 0 Å². The number of fused-ring (bicyclic) bond motifs is 1. The molecule has 124 valence electrons. The Labute approximate surface area is 140 Å². The van der Waals surface area contributed by atoms with E-state index in [2.05, 4.69) is 63.1 Å². The van der Waals surface area contributed by atoms with Gasteiger partial charge in [0.05, 0.1) is 6.10 Å². The van der Waals surface area contributed by atoms with E-state index in [1.807, 2.05) is 13.1 Å². The molecule has 1 aromatic heterocycles. The van der Waals surface area contributed by atoms with Crippen LogP contribution in [0.5, 0.6) is 0 Å². The molecule has 2 aromatic rings. The second kappa shape index (κ2) is 6.54.